The Bertz CT molecular complexity index is 331. The van der Waals surface area contributed by atoms with Gasteiger partial charge in [-0.1, -0.05) is 6.07 Å². The van der Waals surface area contributed by atoms with Gasteiger partial charge in [-0.2, -0.15) is 0 Å². The predicted molar refractivity (Wildman–Crippen MR) is 66.5 cm³/mol. The molecule has 2 atom stereocenters. The van der Waals surface area contributed by atoms with Crippen LogP contribution in [0.15, 0.2) is 17.5 Å². The minimum Gasteiger partial charge on any atom is -0.349 e. The highest BCUT2D eigenvalue weighted by atomic mass is 32.1. The molecule has 16 heavy (non-hydrogen) atoms. The number of rotatable bonds is 4. The summed E-state index contributed by atoms with van der Waals surface area (Å²) in [7, 11) is 0. The number of thiophene rings is 1. The number of amides is 1. The lowest BCUT2D eigenvalue weighted by Gasteiger charge is -2.14. The van der Waals surface area contributed by atoms with Crippen molar-refractivity contribution in [2.45, 2.75) is 25.8 Å². The zero-order valence-corrected chi connectivity index (χ0v) is 10.3. The summed E-state index contributed by atoms with van der Waals surface area (Å²) in [4.78, 5) is 13.0. The summed E-state index contributed by atoms with van der Waals surface area (Å²) in [6, 6.07) is 4.22. The second kappa shape index (κ2) is 5.46. The van der Waals surface area contributed by atoms with Crippen molar-refractivity contribution in [3.8, 4) is 0 Å². The zero-order chi connectivity index (χ0) is 11.4. The molecular formula is C12H18N2OS. The van der Waals surface area contributed by atoms with Crippen molar-refractivity contribution in [3.63, 3.8) is 0 Å². The first-order valence-electron chi connectivity index (χ1n) is 5.79. The van der Waals surface area contributed by atoms with Gasteiger partial charge in [0.2, 0.25) is 5.91 Å². The van der Waals surface area contributed by atoms with Crippen LogP contribution in [0.3, 0.4) is 0 Å². The molecule has 2 N–H and O–H groups in total. The Morgan fingerprint density at radius 2 is 2.62 bits per heavy atom. The monoisotopic (exact) mass is 238 g/mol. The van der Waals surface area contributed by atoms with Gasteiger partial charge in [-0.15, -0.1) is 11.3 Å². The lowest BCUT2D eigenvalue weighted by molar-refractivity contribution is -0.122. The Morgan fingerprint density at radius 1 is 1.75 bits per heavy atom. The van der Waals surface area contributed by atoms with Gasteiger partial charge in [-0.05, 0) is 43.8 Å². The standard InChI is InChI=1S/C12H18N2OS/c1-9(11-3-2-6-16-11)14-12(15)7-10-4-5-13-8-10/h2-3,6,9-10,13H,4-5,7-8H2,1H3,(H,14,15). The summed E-state index contributed by atoms with van der Waals surface area (Å²) in [5.41, 5.74) is 0. The molecule has 1 aromatic heterocycles. The van der Waals surface area contributed by atoms with Crippen LogP contribution >= 0.6 is 11.3 Å². The number of hydrogen-bond acceptors (Lipinski definition) is 3. The van der Waals surface area contributed by atoms with Crippen LogP contribution in [-0.4, -0.2) is 19.0 Å². The third kappa shape index (κ3) is 3.06. The van der Waals surface area contributed by atoms with Crippen LogP contribution in [0.25, 0.3) is 0 Å². The Labute approximate surface area is 100 Å². The second-order valence-electron chi connectivity index (χ2n) is 4.37. The Hall–Kier alpha value is -0.870. The van der Waals surface area contributed by atoms with E-state index in [1.807, 2.05) is 18.4 Å². The van der Waals surface area contributed by atoms with E-state index in [4.69, 9.17) is 0 Å². The molecular weight excluding hydrogens is 220 g/mol. The molecule has 2 rings (SSSR count). The maximum Gasteiger partial charge on any atom is 0.220 e. The predicted octanol–water partition coefficient (Wildman–Crippen LogP) is 1.92. The third-order valence-corrected chi connectivity index (χ3v) is 4.04. The zero-order valence-electron chi connectivity index (χ0n) is 9.53. The van der Waals surface area contributed by atoms with Gasteiger partial charge in [0, 0.05) is 11.3 Å². The quantitative estimate of drug-likeness (QED) is 0.841. The summed E-state index contributed by atoms with van der Waals surface area (Å²) in [5.74, 6) is 0.699. The number of carbonyl (C=O) groups excluding carboxylic acids is 1. The maximum absolute atomic E-state index is 11.8. The second-order valence-corrected chi connectivity index (χ2v) is 5.35. The van der Waals surface area contributed by atoms with Crippen LogP contribution in [0.5, 0.6) is 0 Å². The first-order chi connectivity index (χ1) is 7.75. The molecule has 4 heteroatoms. The summed E-state index contributed by atoms with van der Waals surface area (Å²) >= 11 is 1.69. The van der Waals surface area contributed by atoms with Crippen molar-refractivity contribution in [1.29, 1.82) is 0 Å². The molecule has 1 amide bonds. The van der Waals surface area contributed by atoms with Gasteiger partial charge in [0.15, 0.2) is 0 Å². The molecule has 1 saturated heterocycles. The smallest absolute Gasteiger partial charge is 0.220 e. The summed E-state index contributed by atoms with van der Waals surface area (Å²) in [5, 5.41) is 8.37. The van der Waals surface area contributed by atoms with Gasteiger partial charge in [-0.25, -0.2) is 0 Å². The van der Waals surface area contributed by atoms with Crippen LogP contribution in [0.2, 0.25) is 0 Å². The molecule has 0 aliphatic carbocycles. The highest BCUT2D eigenvalue weighted by Crippen LogP contribution is 2.19. The molecule has 0 aromatic carbocycles. The topological polar surface area (TPSA) is 41.1 Å². The van der Waals surface area contributed by atoms with Crippen molar-refractivity contribution >= 4 is 17.2 Å². The number of hydrogen-bond donors (Lipinski definition) is 2. The van der Waals surface area contributed by atoms with Crippen molar-refractivity contribution < 1.29 is 4.79 Å². The van der Waals surface area contributed by atoms with E-state index in [0.717, 1.165) is 19.5 Å². The van der Waals surface area contributed by atoms with E-state index in [-0.39, 0.29) is 11.9 Å². The van der Waals surface area contributed by atoms with Gasteiger partial charge < -0.3 is 10.6 Å². The minimum atomic E-state index is 0.141. The minimum absolute atomic E-state index is 0.141. The van der Waals surface area contributed by atoms with E-state index in [1.54, 1.807) is 11.3 Å². The molecule has 1 fully saturated rings. The Kier molecular flexibility index (Phi) is 3.96. The summed E-state index contributed by atoms with van der Waals surface area (Å²) < 4.78 is 0. The molecule has 88 valence electrons. The van der Waals surface area contributed by atoms with Crippen molar-refractivity contribution in [3.05, 3.63) is 22.4 Å². The molecule has 0 bridgehead atoms. The van der Waals surface area contributed by atoms with Gasteiger partial charge in [0.25, 0.3) is 0 Å². The molecule has 3 nitrogen and oxygen atoms in total. The number of nitrogens with one attached hydrogen (secondary N) is 2. The fourth-order valence-electron chi connectivity index (χ4n) is 2.06. The Morgan fingerprint density at radius 3 is 3.25 bits per heavy atom. The van der Waals surface area contributed by atoms with Crippen LogP contribution in [-0.2, 0) is 4.79 Å². The molecule has 1 aliphatic heterocycles. The van der Waals surface area contributed by atoms with E-state index in [0.29, 0.717) is 12.3 Å². The van der Waals surface area contributed by atoms with Gasteiger partial charge in [-0.3, -0.25) is 4.79 Å². The summed E-state index contributed by atoms with van der Waals surface area (Å²) in [6.07, 6.45) is 1.78. The van der Waals surface area contributed by atoms with Crippen LogP contribution < -0.4 is 10.6 Å². The van der Waals surface area contributed by atoms with E-state index in [2.05, 4.69) is 16.7 Å². The SMILES string of the molecule is CC(NC(=O)CC1CCNC1)c1cccs1. The molecule has 2 heterocycles. The molecule has 1 aliphatic rings. The first-order valence-corrected chi connectivity index (χ1v) is 6.67. The maximum atomic E-state index is 11.8. The number of carbonyl (C=O) groups is 1. The molecule has 2 unspecified atom stereocenters. The third-order valence-electron chi connectivity index (χ3n) is 2.98. The highest BCUT2D eigenvalue weighted by Gasteiger charge is 2.19. The van der Waals surface area contributed by atoms with Gasteiger partial charge >= 0.3 is 0 Å². The van der Waals surface area contributed by atoms with Crippen molar-refractivity contribution in [2.24, 2.45) is 5.92 Å². The largest absolute Gasteiger partial charge is 0.349 e. The lowest BCUT2D eigenvalue weighted by Crippen LogP contribution is -2.28. The fraction of sp³-hybridized carbons (Fsp3) is 0.583. The van der Waals surface area contributed by atoms with E-state index in [9.17, 15) is 4.79 Å². The Balaban J connectivity index is 1.78. The molecule has 0 spiro atoms. The van der Waals surface area contributed by atoms with Crippen LogP contribution in [0, 0.1) is 5.92 Å². The van der Waals surface area contributed by atoms with Crippen molar-refractivity contribution in [1.82, 2.24) is 10.6 Å². The van der Waals surface area contributed by atoms with E-state index in [1.165, 1.54) is 4.88 Å². The van der Waals surface area contributed by atoms with Gasteiger partial charge in [0.05, 0.1) is 6.04 Å². The average Bonchev–Trinajstić information content (AvgIpc) is 2.88. The lowest BCUT2D eigenvalue weighted by atomic mass is 10.0. The summed E-state index contributed by atoms with van der Waals surface area (Å²) in [6.45, 7) is 4.08. The van der Waals surface area contributed by atoms with Crippen molar-refractivity contribution in [2.75, 3.05) is 13.1 Å². The van der Waals surface area contributed by atoms with Gasteiger partial charge in [0.1, 0.15) is 0 Å². The van der Waals surface area contributed by atoms with Crippen LogP contribution in [0.1, 0.15) is 30.7 Å². The highest BCUT2D eigenvalue weighted by molar-refractivity contribution is 7.10. The van der Waals surface area contributed by atoms with E-state index < -0.39 is 0 Å². The fourth-order valence-corrected chi connectivity index (χ4v) is 2.79. The first kappa shape index (κ1) is 11.6. The molecule has 0 saturated carbocycles. The molecule has 0 radical (unpaired) electrons. The molecule has 1 aromatic rings. The van der Waals surface area contributed by atoms with Crippen LogP contribution in [0.4, 0.5) is 0 Å². The normalized spacial score (nSPS) is 21.9. The average molecular weight is 238 g/mol. The van der Waals surface area contributed by atoms with E-state index >= 15 is 0 Å².